The summed E-state index contributed by atoms with van der Waals surface area (Å²) in [5.41, 5.74) is 0.663. The molecule has 0 aliphatic carbocycles. The number of rotatable bonds is 6. The normalized spacial score (nSPS) is 10.2. The average Bonchev–Trinajstić information content (AvgIpc) is 2.87. The van der Waals surface area contributed by atoms with E-state index in [-0.39, 0.29) is 6.03 Å². The summed E-state index contributed by atoms with van der Waals surface area (Å²) >= 11 is 0. The van der Waals surface area contributed by atoms with Crippen LogP contribution in [0.4, 0.5) is 10.5 Å². The Labute approximate surface area is 124 Å². The second-order valence-corrected chi connectivity index (χ2v) is 4.48. The van der Waals surface area contributed by atoms with Crippen LogP contribution in [0.1, 0.15) is 12.7 Å². The van der Waals surface area contributed by atoms with E-state index in [1.54, 1.807) is 6.20 Å². The van der Waals surface area contributed by atoms with Gasteiger partial charge in [0.15, 0.2) is 0 Å². The van der Waals surface area contributed by atoms with E-state index >= 15 is 0 Å². The Morgan fingerprint density at radius 1 is 1.38 bits per heavy atom. The van der Waals surface area contributed by atoms with Gasteiger partial charge in [0.1, 0.15) is 11.6 Å². The molecule has 0 saturated carbocycles. The number of anilines is 1. The van der Waals surface area contributed by atoms with E-state index in [2.05, 4.69) is 15.6 Å². The summed E-state index contributed by atoms with van der Waals surface area (Å²) in [6.45, 7) is 5.61. The summed E-state index contributed by atoms with van der Waals surface area (Å²) < 4.78 is 7.44. The molecule has 0 bridgehead atoms. The molecule has 21 heavy (non-hydrogen) atoms. The maximum atomic E-state index is 11.9. The van der Waals surface area contributed by atoms with Crippen molar-refractivity contribution in [2.45, 2.75) is 20.4 Å². The lowest BCUT2D eigenvalue weighted by Gasteiger charge is -2.12. The molecular weight excluding hydrogens is 268 g/mol. The van der Waals surface area contributed by atoms with Crippen molar-refractivity contribution in [2.24, 2.45) is 0 Å². The Bertz CT molecular complexity index is 595. The van der Waals surface area contributed by atoms with Crippen LogP contribution >= 0.6 is 0 Å². The quantitative estimate of drug-likeness (QED) is 0.857. The summed E-state index contributed by atoms with van der Waals surface area (Å²) in [7, 11) is 0. The number of hydrogen-bond acceptors (Lipinski definition) is 3. The van der Waals surface area contributed by atoms with E-state index in [0.717, 1.165) is 5.82 Å². The van der Waals surface area contributed by atoms with Crippen LogP contribution in [-0.2, 0) is 6.54 Å². The van der Waals surface area contributed by atoms with Crippen LogP contribution < -0.4 is 15.4 Å². The maximum Gasteiger partial charge on any atom is 0.319 e. The molecule has 2 amide bonds. The molecule has 0 aliphatic heterocycles. The van der Waals surface area contributed by atoms with Crippen molar-refractivity contribution in [3.05, 3.63) is 42.5 Å². The molecule has 2 rings (SSSR count). The zero-order valence-corrected chi connectivity index (χ0v) is 12.3. The Morgan fingerprint density at radius 2 is 2.19 bits per heavy atom. The zero-order valence-electron chi connectivity index (χ0n) is 12.3. The lowest BCUT2D eigenvalue weighted by atomic mass is 10.3. The van der Waals surface area contributed by atoms with Gasteiger partial charge in [0, 0.05) is 25.5 Å². The van der Waals surface area contributed by atoms with Crippen LogP contribution in [0.15, 0.2) is 36.7 Å². The molecule has 0 aliphatic rings. The fraction of sp³-hybridized carbons (Fsp3) is 0.333. The molecule has 112 valence electrons. The van der Waals surface area contributed by atoms with E-state index in [1.165, 1.54) is 0 Å². The van der Waals surface area contributed by atoms with Gasteiger partial charge in [-0.05, 0) is 26.0 Å². The number of para-hydroxylation sites is 2. The fourth-order valence-corrected chi connectivity index (χ4v) is 1.95. The highest BCUT2D eigenvalue weighted by atomic mass is 16.5. The number of hydrogen-bond donors (Lipinski definition) is 2. The molecule has 1 aromatic carbocycles. The summed E-state index contributed by atoms with van der Waals surface area (Å²) in [5, 5.41) is 5.60. The number of amides is 2. The molecule has 1 aromatic heterocycles. The van der Waals surface area contributed by atoms with Gasteiger partial charge < -0.3 is 19.9 Å². The number of carbonyl (C=O) groups is 1. The van der Waals surface area contributed by atoms with Crippen molar-refractivity contribution in [3.8, 4) is 5.75 Å². The lowest BCUT2D eigenvalue weighted by Crippen LogP contribution is -2.31. The van der Waals surface area contributed by atoms with Gasteiger partial charge in [0.05, 0.1) is 12.3 Å². The van der Waals surface area contributed by atoms with E-state index in [4.69, 9.17) is 4.74 Å². The maximum absolute atomic E-state index is 11.9. The molecule has 1 heterocycles. The molecule has 0 saturated heterocycles. The van der Waals surface area contributed by atoms with Crippen LogP contribution in [-0.4, -0.2) is 28.7 Å². The Hall–Kier alpha value is -2.50. The van der Waals surface area contributed by atoms with Gasteiger partial charge in [-0.3, -0.25) is 0 Å². The van der Waals surface area contributed by atoms with Crippen molar-refractivity contribution in [2.75, 3.05) is 18.5 Å². The number of aromatic nitrogens is 2. The van der Waals surface area contributed by atoms with Crippen molar-refractivity contribution < 1.29 is 9.53 Å². The summed E-state index contributed by atoms with van der Waals surface area (Å²) in [5.74, 6) is 1.60. The topological polar surface area (TPSA) is 68.2 Å². The second-order valence-electron chi connectivity index (χ2n) is 4.48. The van der Waals surface area contributed by atoms with Crippen molar-refractivity contribution in [3.63, 3.8) is 0 Å². The van der Waals surface area contributed by atoms with Crippen LogP contribution in [0.2, 0.25) is 0 Å². The Balaban J connectivity index is 1.83. The molecule has 0 radical (unpaired) electrons. The largest absolute Gasteiger partial charge is 0.492 e. The van der Waals surface area contributed by atoms with Crippen molar-refractivity contribution in [1.82, 2.24) is 14.9 Å². The molecular formula is C15H20N4O2. The highest BCUT2D eigenvalue weighted by Gasteiger charge is 2.06. The van der Waals surface area contributed by atoms with Gasteiger partial charge in [0.2, 0.25) is 0 Å². The minimum absolute atomic E-state index is 0.250. The number of carbonyl (C=O) groups excluding carboxylic acids is 1. The standard InChI is InChI=1S/C15H20N4O2/c1-3-21-14-7-5-4-6-13(14)18-15(20)17-9-11-19-10-8-16-12(19)2/h4-8,10H,3,9,11H2,1-2H3,(H2,17,18,20). The first kappa shape index (κ1) is 14.9. The third-order valence-corrected chi connectivity index (χ3v) is 3.00. The van der Waals surface area contributed by atoms with E-state index in [1.807, 2.05) is 48.9 Å². The van der Waals surface area contributed by atoms with Gasteiger partial charge >= 0.3 is 6.03 Å². The molecule has 0 spiro atoms. The third-order valence-electron chi connectivity index (χ3n) is 3.00. The highest BCUT2D eigenvalue weighted by molar-refractivity contribution is 5.90. The SMILES string of the molecule is CCOc1ccccc1NC(=O)NCCn1ccnc1C. The van der Waals surface area contributed by atoms with Gasteiger partial charge in [-0.2, -0.15) is 0 Å². The molecule has 0 atom stereocenters. The minimum atomic E-state index is -0.250. The first-order chi connectivity index (χ1) is 10.2. The lowest BCUT2D eigenvalue weighted by molar-refractivity contribution is 0.251. The van der Waals surface area contributed by atoms with Gasteiger partial charge in [-0.1, -0.05) is 12.1 Å². The summed E-state index contributed by atoms with van der Waals surface area (Å²) in [4.78, 5) is 16.0. The van der Waals surface area contributed by atoms with E-state index in [9.17, 15) is 4.79 Å². The summed E-state index contributed by atoms with van der Waals surface area (Å²) in [6.07, 6.45) is 3.63. The monoisotopic (exact) mass is 288 g/mol. The molecule has 2 aromatic rings. The third kappa shape index (κ3) is 4.24. The minimum Gasteiger partial charge on any atom is -0.492 e. The number of nitrogens with zero attached hydrogens (tertiary/aromatic N) is 2. The van der Waals surface area contributed by atoms with Gasteiger partial charge in [0.25, 0.3) is 0 Å². The predicted octanol–water partition coefficient (Wildman–Crippen LogP) is 2.41. The molecule has 6 nitrogen and oxygen atoms in total. The number of benzene rings is 1. The molecule has 2 N–H and O–H groups in total. The number of urea groups is 1. The first-order valence-electron chi connectivity index (χ1n) is 6.95. The predicted molar refractivity (Wildman–Crippen MR) is 81.6 cm³/mol. The zero-order chi connectivity index (χ0) is 15.1. The van der Waals surface area contributed by atoms with Crippen LogP contribution in [0.5, 0.6) is 5.75 Å². The van der Waals surface area contributed by atoms with Crippen molar-refractivity contribution in [1.29, 1.82) is 0 Å². The van der Waals surface area contributed by atoms with Crippen molar-refractivity contribution >= 4 is 11.7 Å². The Morgan fingerprint density at radius 3 is 2.90 bits per heavy atom. The highest BCUT2D eigenvalue weighted by Crippen LogP contribution is 2.23. The number of ether oxygens (including phenoxy) is 1. The average molecular weight is 288 g/mol. The van der Waals surface area contributed by atoms with Crippen LogP contribution in [0.3, 0.4) is 0 Å². The van der Waals surface area contributed by atoms with Crippen LogP contribution in [0.25, 0.3) is 0 Å². The van der Waals surface area contributed by atoms with Crippen LogP contribution in [0, 0.1) is 6.92 Å². The van der Waals surface area contributed by atoms with E-state index < -0.39 is 0 Å². The number of nitrogens with one attached hydrogen (secondary N) is 2. The summed E-state index contributed by atoms with van der Waals surface area (Å²) in [6, 6.07) is 7.11. The molecule has 0 unspecified atom stereocenters. The number of imidazole rings is 1. The smallest absolute Gasteiger partial charge is 0.319 e. The molecule has 0 fully saturated rings. The Kier molecular flexibility index (Phi) is 5.20. The second kappa shape index (κ2) is 7.33. The fourth-order valence-electron chi connectivity index (χ4n) is 1.95. The molecule has 6 heteroatoms. The van der Waals surface area contributed by atoms with E-state index in [0.29, 0.717) is 31.1 Å². The number of aryl methyl sites for hydroxylation is 1. The van der Waals surface area contributed by atoms with Gasteiger partial charge in [-0.25, -0.2) is 9.78 Å². The van der Waals surface area contributed by atoms with Gasteiger partial charge in [-0.15, -0.1) is 0 Å². The first-order valence-corrected chi connectivity index (χ1v) is 6.95.